The first-order chi connectivity index (χ1) is 13.0. The van der Waals surface area contributed by atoms with Crippen molar-refractivity contribution in [1.82, 2.24) is 9.78 Å². The van der Waals surface area contributed by atoms with Gasteiger partial charge in [0.15, 0.2) is 11.4 Å². The molecule has 0 saturated heterocycles. The number of carboxylic acid groups (broad SMARTS) is 2. The number of aromatic carboxylic acids is 1. The molecule has 0 amide bonds. The van der Waals surface area contributed by atoms with E-state index in [2.05, 4.69) is 15.6 Å². The van der Waals surface area contributed by atoms with Crippen molar-refractivity contribution in [2.45, 2.75) is 6.42 Å². The molecule has 0 aliphatic rings. The van der Waals surface area contributed by atoms with Gasteiger partial charge in [0.25, 0.3) is 0 Å². The first kappa shape index (κ1) is 17.9. The van der Waals surface area contributed by atoms with Gasteiger partial charge in [-0.2, -0.15) is 10.2 Å². The first-order valence-electron chi connectivity index (χ1n) is 8.03. The standard InChI is InChI=1S/C19H16N4O4/c24-18(25)16(21-20-13-7-3-1-4-8-13)11-15-12-17(19(26)27)22-23(15)14-9-5-2-6-10-14/h1-10,12,20H,11H2,(H,24,25)(H,26,27)/b21-16+. The largest absolute Gasteiger partial charge is 0.477 e. The molecule has 3 aromatic rings. The Balaban J connectivity index is 1.94. The van der Waals surface area contributed by atoms with Gasteiger partial charge in [-0.25, -0.2) is 14.3 Å². The summed E-state index contributed by atoms with van der Waals surface area (Å²) in [5.41, 5.74) is 4.01. The zero-order chi connectivity index (χ0) is 19.2. The van der Waals surface area contributed by atoms with Crippen molar-refractivity contribution in [1.29, 1.82) is 0 Å². The minimum absolute atomic E-state index is 0.107. The molecular weight excluding hydrogens is 348 g/mol. The summed E-state index contributed by atoms with van der Waals surface area (Å²) in [6.45, 7) is 0. The van der Waals surface area contributed by atoms with Gasteiger partial charge in [0.1, 0.15) is 0 Å². The molecule has 3 rings (SSSR count). The van der Waals surface area contributed by atoms with Crippen molar-refractivity contribution in [3.63, 3.8) is 0 Å². The second-order valence-corrected chi connectivity index (χ2v) is 5.59. The average molecular weight is 364 g/mol. The van der Waals surface area contributed by atoms with Crippen LogP contribution in [0.3, 0.4) is 0 Å². The molecular formula is C19H16N4O4. The average Bonchev–Trinajstić information content (AvgIpc) is 3.10. The van der Waals surface area contributed by atoms with Gasteiger partial charge in [0.2, 0.25) is 0 Å². The number of para-hydroxylation sites is 2. The highest BCUT2D eigenvalue weighted by Gasteiger charge is 2.19. The van der Waals surface area contributed by atoms with Crippen LogP contribution in [0, 0.1) is 0 Å². The van der Waals surface area contributed by atoms with Crippen LogP contribution in [0.15, 0.2) is 71.8 Å². The summed E-state index contributed by atoms with van der Waals surface area (Å²) in [7, 11) is 0. The Bertz CT molecular complexity index is 981. The molecule has 8 heteroatoms. The van der Waals surface area contributed by atoms with Crippen LogP contribution in [-0.4, -0.2) is 37.6 Å². The molecule has 0 aliphatic carbocycles. The quantitative estimate of drug-likeness (QED) is 0.438. The molecule has 136 valence electrons. The summed E-state index contributed by atoms with van der Waals surface area (Å²) >= 11 is 0. The molecule has 0 fully saturated rings. The lowest BCUT2D eigenvalue weighted by molar-refractivity contribution is -0.129. The van der Waals surface area contributed by atoms with E-state index in [0.29, 0.717) is 17.1 Å². The summed E-state index contributed by atoms with van der Waals surface area (Å²) in [4.78, 5) is 22.9. The second-order valence-electron chi connectivity index (χ2n) is 5.59. The number of hydrazone groups is 1. The van der Waals surface area contributed by atoms with Gasteiger partial charge in [-0.3, -0.25) is 5.43 Å². The van der Waals surface area contributed by atoms with E-state index in [4.69, 9.17) is 0 Å². The second kappa shape index (κ2) is 7.96. The third kappa shape index (κ3) is 4.37. The zero-order valence-electron chi connectivity index (χ0n) is 14.1. The first-order valence-corrected chi connectivity index (χ1v) is 8.03. The predicted molar refractivity (Wildman–Crippen MR) is 99.4 cm³/mol. The molecule has 0 spiro atoms. The van der Waals surface area contributed by atoms with E-state index in [9.17, 15) is 19.8 Å². The van der Waals surface area contributed by atoms with E-state index in [1.165, 1.54) is 10.7 Å². The fourth-order valence-electron chi connectivity index (χ4n) is 2.42. The van der Waals surface area contributed by atoms with Gasteiger partial charge in [-0.1, -0.05) is 36.4 Å². The van der Waals surface area contributed by atoms with Crippen LogP contribution >= 0.6 is 0 Å². The van der Waals surface area contributed by atoms with E-state index in [1.807, 2.05) is 12.1 Å². The van der Waals surface area contributed by atoms with Crippen molar-refractivity contribution in [2.24, 2.45) is 5.10 Å². The molecule has 3 N–H and O–H groups in total. The fraction of sp³-hybridized carbons (Fsp3) is 0.0526. The van der Waals surface area contributed by atoms with Crippen molar-refractivity contribution >= 4 is 23.3 Å². The number of benzene rings is 2. The highest BCUT2D eigenvalue weighted by Crippen LogP contribution is 2.15. The summed E-state index contributed by atoms with van der Waals surface area (Å²) < 4.78 is 1.41. The number of hydrogen-bond donors (Lipinski definition) is 3. The zero-order valence-corrected chi connectivity index (χ0v) is 14.1. The van der Waals surface area contributed by atoms with Crippen LogP contribution < -0.4 is 5.43 Å². The van der Waals surface area contributed by atoms with Gasteiger partial charge >= 0.3 is 11.9 Å². The number of carbonyl (C=O) groups is 2. The molecule has 0 bridgehead atoms. The Morgan fingerprint density at radius 2 is 1.63 bits per heavy atom. The fourth-order valence-corrected chi connectivity index (χ4v) is 2.42. The minimum atomic E-state index is -1.21. The number of hydrogen-bond acceptors (Lipinski definition) is 5. The molecule has 1 heterocycles. The normalized spacial score (nSPS) is 11.2. The number of carboxylic acids is 2. The van der Waals surface area contributed by atoms with E-state index in [-0.39, 0.29) is 17.8 Å². The van der Waals surface area contributed by atoms with Gasteiger partial charge in [0, 0.05) is 6.42 Å². The van der Waals surface area contributed by atoms with E-state index >= 15 is 0 Å². The number of rotatable bonds is 7. The number of aromatic nitrogens is 2. The summed E-state index contributed by atoms with van der Waals surface area (Å²) in [5.74, 6) is -2.40. The molecule has 1 aromatic heterocycles. The Hall–Kier alpha value is -3.94. The summed E-state index contributed by atoms with van der Waals surface area (Å²) in [5, 5.41) is 26.7. The molecule has 2 aromatic carbocycles. The summed E-state index contributed by atoms with van der Waals surface area (Å²) in [6.07, 6.45) is -0.107. The van der Waals surface area contributed by atoms with Crippen molar-refractivity contribution < 1.29 is 19.8 Å². The number of nitrogens with one attached hydrogen (secondary N) is 1. The van der Waals surface area contributed by atoms with Crippen LogP contribution in [0.5, 0.6) is 0 Å². The minimum Gasteiger partial charge on any atom is -0.477 e. The Morgan fingerprint density at radius 3 is 2.22 bits per heavy atom. The third-order valence-corrected chi connectivity index (χ3v) is 3.69. The highest BCUT2D eigenvalue weighted by atomic mass is 16.4. The van der Waals surface area contributed by atoms with Gasteiger partial charge < -0.3 is 10.2 Å². The number of anilines is 1. The molecule has 0 unspecified atom stereocenters. The van der Waals surface area contributed by atoms with Crippen molar-refractivity contribution in [2.75, 3.05) is 5.43 Å². The Kier molecular flexibility index (Phi) is 5.27. The maximum Gasteiger partial charge on any atom is 0.356 e. The van der Waals surface area contributed by atoms with Crippen LogP contribution in [-0.2, 0) is 11.2 Å². The van der Waals surface area contributed by atoms with Crippen LogP contribution in [0.4, 0.5) is 5.69 Å². The lowest BCUT2D eigenvalue weighted by Gasteiger charge is -2.08. The molecule has 27 heavy (non-hydrogen) atoms. The SMILES string of the molecule is O=C(O)/C(Cc1cc(C(=O)O)nn1-c1ccccc1)=N/Nc1ccccc1. The van der Waals surface area contributed by atoms with Crippen LogP contribution in [0.1, 0.15) is 16.2 Å². The van der Waals surface area contributed by atoms with Gasteiger partial charge in [0.05, 0.1) is 17.1 Å². The van der Waals surface area contributed by atoms with Crippen LogP contribution in [0.2, 0.25) is 0 Å². The van der Waals surface area contributed by atoms with E-state index in [0.717, 1.165) is 0 Å². The lowest BCUT2D eigenvalue weighted by atomic mass is 10.2. The smallest absolute Gasteiger partial charge is 0.356 e. The molecule has 8 nitrogen and oxygen atoms in total. The molecule has 0 saturated carbocycles. The van der Waals surface area contributed by atoms with E-state index < -0.39 is 11.9 Å². The lowest BCUT2D eigenvalue weighted by Crippen LogP contribution is -2.19. The molecule has 0 atom stereocenters. The number of aliphatic carboxylic acids is 1. The Labute approximate surface area is 154 Å². The predicted octanol–water partition coefficient (Wildman–Crippen LogP) is 2.67. The monoisotopic (exact) mass is 364 g/mol. The summed E-state index contributed by atoms with van der Waals surface area (Å²) in [6, 6.07) is 19.1. The van der Waals surface area contributed by atoms with Gasteiger partial charge in [-0.05, 0) is 30.3 Å². The molecule has 0 radical (unpaired) electrons. The highest BCUT2D eigenvalue weighted by molar-refractivity contribution is 6.36. The van der Waals surface area contributed by atoms with Gasteiger partial charge in [-0.15, -0.1) is 0 Å². The number of nitrogens with zero attached hydrogens (tertiary/aromatic N) is 3. The Morgan fingerprint density at radius 1 is 1.00 bits per heavy atom. The van der Waals surface area contributed by atoms with E-state index in [1.54, 1.807) is 48.5 Å². The third-order valence-electron chi connectivity index (χ3n) is 3.69. The van der Waals surface area contributed by atoms with Crippen molar-refractivity contribution in [3.8, 4) is 5.69 Å². The maximum absolute atomic E-state index is 11.6. The topological polar surface area (TPSA) is 117 Å². The van der Waals surface area contributed by atoms with Crippen LogP contribution in [0.25, 0.3) is 5.69 Å². The maximum atomic E-state index is 11.6. The van der Waals surface area contributed by atoms with Crippen molar-refractivity contribution in [3.05, 3.63) is 78.1 Å². The molecule has 0 aliphatic heterocycles.